The average Bonchev–Trinajstić information content (AvgIpc) is 3.52. The van der Waals surface area contributed by atoms with Gasteiger partial charge in [0.2, 0.25) is 5.95 Å². The number of para-hydroxylation sites is 3. The summed E-state index contributed by atoms with van der Waals surface area (Å²) in [5.41, 5.74) is 6.90. The molecule has 154 valence electrons. The number of H-pyrrole nitrogens is 1. The number of nitrogens with zero attached hydrogens (tertiary/aromatic N) is 4. The molecule has 0 spiro atoms. The van der Waals surface area contributed by atoms with E-state index in [9.17, 15) is 4.79 Å². The van der Waals surface area contributed by atoms with Crippen LogP contribution in [0.2, 0.25) is 0 Å². The van der Waals surface area contributed by atoms with Gasteiger partial charge in [-0.2, -0.15) is 5.10 Å². The molecule has 6 nitrogen and oxygen atoms in total. The molecule has 0 saturated heterocycles. The fraction of sp³-hybridized carbons (Fsp3) is 0.0385. The van der Waals surface area contributed by atoms with Gasteiger partial charge in [0.15, 0.2) is 6.29 Å². The van der Waals surface area contributed by atoms with Gasteiger partial charge in [0.05, 0.1) is 22.3 Å². The van der Waals surface area contributed by atoms with Crippen molar-refractivity contribution in [3.8, 4) is 28.5 Å². The van der Waals surface area contributed by atoms with E-state index in [4.69, 9.17) is 10.1 Å². The Balaban J connectivity index is 1.62. The highest BCUT2D eigenvalue weighted by atomic mass is 16.1. The fourth-order valence-electron chi connectivity index (χ4n) is 4.32. The Labute approximate surface area is 183 Å². The number of aldehydes is 1. The zero-order chi connectivity index (χ0) is 21.7. The number of nitrogens with one attached hydrogen (secondary N) is 1. The summed E-state index contributed by atoms with van der Waals surface area (Å²) in [4.78, 5) is 20.4. The minimum atomic E-state index is 0.513. The molecule has 0 unspecified atom stereocenters. The number of imidazole rings is 1. The topological polar surface area (TPSA) is 68.5 Å². The molecule has 0 atom stereocenters. The van der Waals surface area contributed by atoms with Crippen LogP contribution < -0.4 is 0 Å². The first-order chi connectivity index (χ1) is 15.7. The number of carbonyl (C=O) groups is 1. The van der Waals surface area contributed by atoms with Gasteiger partial charge in [-0.3, -0.25) is 4.79 Å². The first-order valence-electron chi connectivity index (χ1n) is 10.4. The molecule has 0 amide bonds. The summed E-state index contributed by atoms with van der Waals surface area (Å²) >= 11 is 0. The van der Waals surface area contributed by atoms with E-state index in [-0.39, 0.29) is 0 Å². The standard InChI is InChI=1S/C26H19N5O/c1-30-22-14-8-7-13-21(22)28-26(30)31-15-18(16-32)25(29-31)23-19-11-5-6-12-20(19)27-24(23)17-9-3-2-4-10-17/h2-16,27H,1H3. The quantitative estimate of drug-likeness (QED) is 0.391. The highest BCUT2D eigenvalue weighted by molar-refractivity contribution is 6.05. The number of benzene rings is 3. The molecule has 6 rings (SSSR count). The summed E-state index contributed by atoms with van der Waals surface area (Å²) in [7, 11) is 1.95. The van der Waals surface area contributed by atoms with Crippen LogP contribution in [0.15, 0.2) is 85.1 Å². The van der Waals surface area contributed by atoms with Gasteiger partial charge in [-0.1, -0.05) is 60.7 Å². The van der Waals surface area contributed by atoms with Crippen molar-refractivity contribution in [2.75, 3.05) is 0 Å². The van der Waals surface area contributed by atoms with Crippen LogP contribution in [-0.4, -0.2) is 30.6 Å². The third kappa shape index (κ3) is 2.70. The molecular weight excluding hydrogens is 398 g/mol. The zero-order valence-electron chi connectivity index (χ0n) is 17.4. The van der Waals surface area contributed by atoms with Crippen LogP contribution in [0.4, 0.5) is 0 Å². The molecule has 3 aromatic carbocycles. The number of hydrogen-bond acceptors (Lipinski definition) is 3. The van der Waals surface area contributed by atoms with Crippen molar-refractivity contribution in [1.82, 2.24) is 24.3 Å². The Morgan fingerprint density at radius 2 is 1.66 bits per heavy atom. The average molecular weight is 417 g/mol. The minimum absolute atomic E-state index is 0.513. The maximum absolute atomic E-state index is 12.1. The van der Waals surface area contributed by atoms with E-state index in [0.717, 1.165) is 45.0 Å². The van der Waals surface area contributed by atoms with Crippen molar-refractivity contribution >= 4 is 28.2 Å². The van der Waals surface area contributed by atoms with Crippen LogP contribution >= 0.6 is 0 Å². The highest BCUT2D eigenvalue weighted by Crippen LogP contribution is 2.39. The van der Waals surface area contributed by atoms with Gasteiger partial charge >= 0.3 is 0 Å². The Morgan fingerprint density at radius 1 is 0.906 bits per heavy atom. The molecule has 0 saturated carbocycles. The highest BCUT2D eigenvalue weighted by Gasteiger charge is 2.22. The van der Waals surface area contributed by atoms with E-state index >= 15 is 0 Å². The second-order valence-corrected chi connectivity index (χ2v) is 7.74. The van der Waals surface area contributed by atoms with E-state index < -0.39 is 0 Å². The fourth-order valence-corrected chi connectivity index (χ4v) is 4.32. The largest absolute Gasteiger partial charge is 0.354 e. The normalized spacial score (nSPS) is 11.4. The lowest BCUT2D eigenvalue weighted by atomic mass is 10.0. The minimum Gasteiger partial charge on any atom is -0.354 e. The van der Waals surface area contributed by atoms with Crippen LogP contribution in [0.25, 0.3) is 50.4 Å². The zero-order valence-corrected chi connectivity index (χ0v) is 17.4. The maximum atomic E-state index is 12.1. The maximum Gasteiger partial charge on any atom is 0.231 e. The van der Waals surface area contributed by atoms with Crippen molar-refractivity contribution < 1.29 is 4.79 Å². The Bertz CT molecular complexity index is 1600. The molecular formula is C26H19N5O. The number of aromatic nitrogens is 5. The van der Waals surface area contributed by atoms with Gasteiger partial charge in [0.1, 0.15) is 5.69 Å². The van der Waals surface area contributed by atoms with Crippen LogP contribution in [0, 0.1) is 0 Å². The smallest absolute Gasteiger partial charge is 0.231 e. The predicted molar refractivity (Wildman–Crippen MR) is 126 cm³/mol. The molecule has 6 heteroatoms. The Morgan fingerprint density at radius 3 is 2.47 bits per heavy atom. The lowest BCUT2D eigenvalue weighted by molar-refractivity contribution is 0.112. The number of aromatic amines is 1. The Kier molecular flexibility index (Phi) is 4.04. The number of rotatable bonds is 4. The second kappa shape index (κ2) is 7.06. The number of aryl methyl sites for hydroxylation is 1. The first kappa shape index (κ1) is 18.3. The second-order valence-electron chi connectivity index (χ2n) is 7.74. The van der Waals surface area contributed by atoms with E-state index in [2.05, 4.69) is 23.2 Å². The number of fused-ring (bicyclic) bond motifs is 2. The van der Waals surface area contributed by atoms with Crippen molar-refractivity contribution in [2.24, 2.45) is 7.05 Å². The molecule has 0 radical (unpaired) electrons. The summed E-state index contributed by atoms with van der Waals surface area (Å²) in [6.07, 6.45) is 2.61. The van der Waals surface area contributed by atoms with Gasteiger partial charge in [0.25, 0.3) is 0 Å². The van der Waals surface area contributed by atoms with Crippen molar-refractivity contribution in [1.29, 1.82) is 0 Å². The third-order valence-electron chi connectivity index (χ3n) is 5.84. The molecule has 0 aliphatic rings. The summed E-state index contributed by atoms with van der Waals surface area (Å²) in [5, 5.41) is 5.89. The van der Waals surface area contributed by atoms with Gasteiger partial charge in [0, 0.05) is 29.7 Å². The molecule has 0 aliphatic heterocycles. The molecule has 6 aromatic rings. The summed E-state index contributed by atoms with van der Waals surface area (Å²) in [6, 6.07) is 26.1. The molecule has 3 aromatic heterocycles. The van der Waals surface area contributed by atoms with Gasteiger partial charge in [-0.05, 0) is 23.8 Å². The molecule has 0 aliphatic carbocycles. The van der Waals surface area contributed by atoms with E-state index in [1.807, 2.05) is 72.3 Å². The molecule has 0 fully saturated rings. The predicted octanol–water partition coefficient (Wildman–Crippen LogP) is 5.39. The summed E-state index contributed by atoms with van der Waals surface area (Å²) < 4.78 is 3.67. The van der Waals surface area contributed by atoms with Gasteiger partial charge in [-0.25, -0.2) is 9.67 Å². The van der Waals surface area contributed by atoms with E-state index in [1.54, 1.807) is 10.9 Å². The molecule has 0 bridgehead atoms. The molecule has 3 heterocycles. The third-order valence-corrected chi connectivity index (χ3v) is 5.84. The molecule has 1 N–H and O–H groups in total. The van der Waals surface area contributed by atoms with Crippen molar-refractivity contribution in [2.45, 2.75) is 0 Å². The van der Waals surface area contributed by atoms with Crippen LogP contribution in [0.5, 0.6) is 0 Å². The lowest BCUT2D eigenvalue weighted by Gasteiger charge is -2.04. The monoisotopic (exact) mass is 417 g/mol. The van der Waals surface area contributed by atoms with Crippen LogP contribution in [-0.2, 0) is 7.05 Å². The first-order valence-corrected chi connectivity index (χ1v) is 10.4. The van der Waals surface area contributed by atoms with Gasteiger partial charge in [-0.15, -0.1) is 0 Å². The van der Waals surface area contributed by atoms with E-state index in [0.29, 0.717) is 17.2 Å². The number of carbonyl (C=O) groups excluding carboxylic acids is 1. The summed E-state index contributed by atoms with van der Waals surface area (Å²) in [5.74, 6) is 0.654. The SMILES string of the molecule is Cn1c(-n2cc(C=O)c(-c3c(-c4ccccc4)[nH]c4ccccc34)n2)nc2ccccc21. The van der Waals surface area contributed by atoms with Gasteiger partial charge < -0.3 is 9.55 Å². The molecule has 32 heavy (non-hydrogen) atoms. The van der Waals surface area contributed by atoms with Crippen LogP contribution in [0.3, 0.4) is 0 Å². The van der Waals surface area contributed by atoms with E-state index in [1.165, 1.54) is 0 Å². The van der Waals surface area contributed by atoms with Crippen molar-refractivity contribution in [3.05, 3.63) is 90.6 Å². The van der Waals surface area contributed by atoms with Crippen molar-refractivity contribution in [3.63, 3.8) is 0 Å². The van der Waals surface area contributed by atoms with Crippen LogP contribution in [0.1, 0.15) is 10.4 Å². The number of hydrogen-bond donors (Lipinski definition) is 1. The lowest BCUT2D eigenvalue weighted by Crippen LogP contribution is -2.03. The Hall–Kier alpha value is -4.45. The summed E-state index contributed by atoms with van der Waals surface area (Å²) in [6.45, 7) is 0.